The molecule has 3 aromatic rings. The zero-order valence-electron chi connectivity index (χ0n) is 22.9. The van der Waals surface area contributed by atoms with Crippen LogP contribution in [0.5, 0.6) is 0 Å². The second-order valence-corrected chi connectivity index (χ2v) is 11.0. The molecular formula is C31H38F2N4O3. The van der Waals surface area contributed by atoms with Gasteiger partial charge in [0.1, 0.15) is 11.6 Å². The molecule has 0 bridgehead atoms. The summed E-state index contributed by atoms with van der Waals surface area (Å²) in [5.41, 5.74) is 2.78. The summed E-state index contributed by atoms with van der Waals surface area (Å²) in [5.74, 6) is -1.01. The number of para-hydroxylation sites is 1. The van der Waals surface area contributed by atoms with Gasteiger partial charge in [-0.05, 0) is 73.9 Å². The number of aromatic nitrogens is 1. The molecule has 1 aromatic heterocycles. The van der Waals surface area contributed by atoms with Crippen molar-refractivity contribution < 1.29 is 23.8 Å². The number of hydrazine groups is 1. The second-order valence-electron chi connectivity index (χ2n) is 11.0. The predicted molar refractivity (Wildman–Crippen MR) is 151 cm³/mol. The molecule has 40 heavy (non-hydrogen) atoms. The smallest absolute Gasteiger partial charge is 0.246 e. The first-order chi connectivity index (χ1) is 19.3. The van der Waals surface area contributed by atoms with E-state index < -0.39 is 17.7 Å². The van der Waals surface area contributed by atoms with E-state index in [1.165, 1.54) is 42.2 Å². The van der Waals surface area contributed by atoms with E-state index in [9.17, 15) is 23.8 Å². The van der Waals surface area contributed by atoms with E-state index in [1.54, 1.807) is 4.90 Å². The van der Waals surface area contributed by atoms with Crippen LogP contribution in [0, 0.1) is 18.6 Å². The number of hydrogen-bond acceptors (Lipinski definition) is 5. The van der Waals surface area contributed by atoms with Gasteiger partial charge in [-0.2, -0.15) is 0 Å². The lowest BCUT2D eigenvalue weighted by Gasteiger charge is -2.46. The molecule has 7 nitrogen and oxygen atoms in total. The number of H-pyrrole nitrogens is 1. The number of carbonyl (C=O) groups excluding carboxylic acids is 1. The zero-order chi connectivity index (χ0) is 28.2. The first-order valence-corrected chi connectivity index (χ1v) is 14.1. The Morgan fingerprint density at radius 2 is 1.77 bits per heavy atom. The number of benzene rings is 2. The molecule has 214 valence electrons. The van der Waals surface area contributed by atoms with E-state index in [0.29, 0.717) is 31.1 Å². The number of aliphatic hydroxyl groups excluding tert-OH is 2. The summed E-state index contributed by atoms with van der Waals surface area (Å²) in [5, 5.41) is 25.7. The Balaban J connectivity index is 1.19. The van der Waals surface area contributed by atoms with Crippen LogP contribution in [-0.2, 0) is 4.79 Å². The molecule has 0 spiro atoms. The highest BCUT2D eigenvalue weighted by molar-refractivity contribution is 5.91. The summed E-state index contributed by atoms with van der Waals surface area (Å²) in [4.78, 5) is 17.9. The summed E-state index contributed by atoms with van der Waals surface area (Å²) < 4.78 is 27.7. The van der Waals surface area contributed by atoms with Crippen LogP contribution in [0.3, 0.4) is 0 Å². The Labute approximate surface area is 233 Å². The van der Waals surface area contributed by atoms with Crippen LogP contribution >= 0.6 is 0 Å². The number of halogens is 2. The minimum Gasteiger partial charge on any atom is -0.394 e. The van der Waals surface area contributed by atoms with Gasteiger partial charge in [0.15, 0.2) is 0 Å². The zero-order valence-corrected chi connectivity index (χ0v) is 22.9. The third kappa shape index (κ3) is 6.28. The molecule has 1 atom stereocenters. The molecule has 1 amide bonds. The predicted octanol–water partition coefficient (Wildman–Crippen LogP) is 4.21. The molecular weight excluding hydrogens is 514 g/mol. The summed E-state index contributed by atoms with van der Waals surface area (Å²) in [7, 11) is 0. The third-order valence-electron chi connectivity index (χ3n) is 8.42. The summed E-state index contributed by atoms with van der Waals surface area (Å²) in [6, 6.07) is 11.0. The standard InChI is InChI=1S/C31H38F2N4O3/c1-21-28(32)16-22(17-29(21)33)6-7-31(40)35-12-10-24(11-13-35)37(19-25(39)20-38)36-14-8-23(9-15-36)27-18-34-30-5-3-2-4-26(27)30/h2-7,16-18,23-25,34,38-39H,8-15,19-20H2,1H3/b7-6+. The Kier molecular flexibility index (Phi) is 8.95. The molecule has 9 heteroatoms. The number of carbonyl (C=O) groups is 1. The molecule has 2 fully saturated rings. The number of aliphatic hydroxyl groups is 2. The molecule has 3 heterocycles. The topological polar surface area (TPSA) is 83.0 Å². The van der Waals surface area contributed by atoms with Crippen molar-refractivity contribution in [2.75, 3.05) is 39.3 Å². The quantitative estimate of drug-likeness (QED) is 0.365. The van der Waals surface area contributed by atoms with E-state index in [4.69, 9.17) is 0 Å². The maximum absolute atomic E-state index is 13.8. The van der Waals surface area contributed by atoms with E-state index in [0.717, 1.165) is 44.3 Å². The highest BCUT2D eigenvalue weighted by Crippen LogP contribution is 2.34. The Morgan fingerprint density at radius 3 is 2.45 bits per heavy atom. The van der Waals surface area contributed by atoms with Crippen LogP contribution in [0.4, 0.5) is 8.78 Å². The Morgan fingerprint density at radius 1 is 1.10 bits per heavy atom. The molecule has 0 aliphatic carbocycles. The lowest BCUT2D eigenvalue weighted by molar-refractivity contribution is -0.133. The van der Waals surface area contributed by atoms with E-state index in [-0.39, 0.29) is 24.1 Å². The Hall–Kier alpha value is -3.11. The number of likely N-dealkylation sites (tertiary alicyclic amines) is 1. The Bertz CT molecular complexity index is 1320. The lowest BCUT2D eigenvalue weighted by atomic mass is 9.89. The number of nitrogens with one attached hydrogen (secondary N) is 1. The van der Waals surface area contributed by atoms with Crippen molar-refractivity contribution in [3.63, 3.8) is 0 Å². The van der Waals surface area contributed by atoms with Crippen LogP contribution in [0.2, 0.25) is 0 Å². The minimum atomic E-state index is -0.843. The average Bonchev–Trinajstić information content (AvgIpc) is 3.41. The average molecular weight is 553 g/mol. The van der Waals surface area contributed by atoms with Crippen molar-refractivity contribution in [3.8, 4) is 0 Å². The molecule has 3 N–H and O–H groups in total. The van der Waals surface area contributed by atoms with Crippen LogP contribution in [-0.4, -0.2) is 87.5 Å². The minimum absolute atomic E-state index is 0.0383. The van der Waals surface area contributed by atoms with Gasteiger partial charge in [-0.1, -0.05) is 18.2 Å². The van der Waals surface area contributed by atoms with Gasteiger partial charge in [-0.15, -0.1) is 0 Å². The summed E-state index contributed by atoms with van der Waals surface area (Å²) in [6.07, 6.45) is 7.55. The van der Waals surface area contributed by atoms with Crippen LogP contribution in [0.1, 0.15) is 48.3 Å². The summed E-state index contributed by atoms with van der Waals surface area (Å²) >= 11 is 0. The number of amides is 1. The lowest BCUT2D eigenvalue weighted by Crippen LogP contribution is -2.57. The number of piperidine rings is 2. The van der Waals surface area contributed by atoms with Gasteiger partial charge >= 0.3 is 0 Å². The molecule has 2 aromatic carbocycles. The van der Waals surface area contributed by atoms with Crippen molar-refractivity contribution in [2.24, 2.45) is 0 Å². The van der Waals surface area contributed by atoms with Crippen molar-refractivity contribution >= 4 is 22.9 Å². The van der Waals surface area contributed by atoms with Gasteiger partial charge in [-0.3, -0.25) is 4.79 Å². The van der Waals surface area contributed by atoms with E-state index in [2.05, 4.69) is 39.4 Å². The number of hydrogen-bond donors (Lipinski definition) is 3. The van der Waals surface area contributed by atoms with Crippen molar-refractivity contribution in [3.05, 3.63) is 77.0 Å². The largest absolute Gasteiger partial charge is 0.394 e. The first kappa shape index (κ1) is 28.4. The van der Waals surface area contributed by atoms with Crippen LogP contribution in [0.25, 0.3) is 17.0 Å². The summed E-state index contributed by atoms with van der Waals surface area (Å²) in [6.45, 7) is 4.22. The molecule has 5 rings (SSSR count). The first-order valence-electron chi connectivity index (χ1n) is 14.1. The monoisotopic (exact) mass is 552 g/mol. The third-order valence-corrected chi connectivity index (χ3v) is 8.42. The van der Waals surface area contributed by atoms with Gasteiger partial charge in [0, 0.05) is 67.5 Å². The normalized spacial score (nSPS) is 18.8. The maximum atomic E-state index is 13.8. The van der Waals surface area contributed by atoms with Crippen LogP contribution in [0.15, 0.2) is 48.7 Å². The highest BCUT2D eigenvalue weighted by atomic mass is 19.1. The second kappa shape index (κ2) is 12.6. The van der Waals surface area contributed by atoms with Gasteiger partial charge in [0.05, 0.1) is 12.7 Å². The van der Waals surface area contributed by atoms with Crippen molar-refractivity contribution in [1.82, 2.24) is 19.9 Å². The fourth-order valence-electron chi connectivity index (χ4n) is 6.05. The number of aromatic amines is 1. The van der Waals surface area contributed by atoms with Gasteiger partial charge in [-0.25, -0.2) is 18.8 Å². The molecule has 0 saturated carbocycles. The maximum Gasteiger partial charge on any atom is 0.246 e. The SMILES string of the molecule is Cc1c(F)cc(/C=C/C(=O)N2CCC(N(CC(O)CO)N3CCC(c4c[nH]c5ccccc45)CC3)CC2)cc1F. The fourth-order valence-corrected chi connectivity index (χ4v) is 6.05. The number of nitrogens with zero attached hydrogens (tertiary/aromatic N) is 3. The highest BCUT2D eigenvalue weighted by Gasteiger charge is 2.33. The van der Waals surface area contributed by atoms with Crippen molar-refractivity contribution in [2.45, 2.75) is 50.7 Å². The fraction of sp³-hybridized carbons (Fsp3) is 0.452. The van der Waals surface area contributed by atoms with Crippen LogP contribution < -0.4 is 0 Å². The molecule has 2 aliphatic rings. The van der Waals surface area contributed by atoms with Crippen molar-refractivity contribution in [1.29, 1.82) is 0 Å². The molecule has 2 aliphatic heterocycles. The molecule has 1 unspecified atom stereocenters. The van der Waals surface area contributed by atoms with E-state index >= 15 is 0 Å². The molecule has 0 radical (unpaired) electrons. The van der Waals surface area contributed by atoms with Gasteiger partial charge in [0.25, 0.3) is 0 Å². The molecule has 2 saturated heterocycles. The van der Waals surface area contributed by atoms with Gasteiger partial charge < -0.3 is 20.1 Å². The van der Waals surface area contributed by atoms with E-state index in [1.807, 2.05) is 6.07 Å². The number of rotatable bonds is 8. The number of fused-ring (bicyclic) bond motifs is 1. The van der Waals surface area contributed by atoms with Gasteiger partial charge in [0.2, 0.25) is 5.91 Å².